The quantitative estimate of drug-likeness (QED) is 0.309. The predicted molar refractivity (Wildman–Crippen MR) is 153 cm³/mol. The Bertz CT molecular complexity index is 1170. The number of fused-ring (bicyclic) bond motifs is 1. The Hall–Kier alpha value is -2.71. The Kier molecular flexibility index (Phi) is 9.36. The first-order valence-corrected chi connectivity index (χ1v) is 12.3. The van der Waals surface area contributed by atoms with Gasteiger partial charge in [0, 0.05) is 48.0 Å². The molecule has 0 unspecified atom stereocenters. The van der Waals surface area contributed by atoms with Crippen molar-refractivity contribution >= 4 is 34.5 Å². The number of phenols is 1. The van der Waals surface area contributed by atoms with Gasteiger partial charge in [0.15, 0.2) is 5.78 Å². The Morgan fingerprint density at radius 1 is 1.05 bits per heavy atom. The van der Waals surface area contributed by atoms with E-state index in [0.29, 0.717) is 30.8 Å². The number of carbonyl (C=O) groups is 2. The third kappa shape index (κ3) is 6.60. The van der Waals surface area contributed by atoms with E-state index >= 15 is 0 Å². The molecule has 0 atom stereocenters. The van der Waals surface area contributed by atoms with Crippen LogP contribution in [-0.2, 0) is 22.1 Å². The molecule has 0 aliphatic carbocycles. The van der Waals surface area contributed by atoms with Crippen molar-refractivity contribution in [1.82, 2.24) is 10.2 Å². The van der Waals surface area contributed by atoms with Crippen molar-refractivity contribution < 1.29 is 19.4 Å². The van der Waals surface area contributed by atoms with Gasteiger partial charge in [-0.3, -0.25) is 15.0 Å². The van der Waals surface area contributed by atoms with Crippen LogP contribution in [0.2, 0.25) is 0 Å². The average molecular weight is 575 g/mol. The Morgan fingerprint density at radius 2 is 1.62 bits per heavy atom. The van der Waals surface area contributed by atoms with Gasteiger partial charge in [0.25, 0.3) is 5.91 Å². The first kappa shape index (κ1) is 30.5. The van der Waals surface area contributed by atoms with Crippen LogP contribution in [0, 0.1) is 12.3 Å². The number of carbonyl (C=O) groups excluding carboxylic acids is 2. The minimum atomic E-state index is -0.339. The van der Waals surface area contributed by atoms with E-state index in [1.807, 2.05) is 60.6 Å². The number of ketones is 1. The zero-order valence-corrected chi connectivity index (χ0v) is 24.9. The molecule has 0 aromatic heterocycles. The van der Waals surface area contributed by atoms with Crippen molar-refractivity contribution in [2.24, 2.45) is 0 Å². The normalized spacial score (nSPS) is 13.3. The van der Waals surface area contributed by atoms with Crippen LogP contribution >= 0.6 is 17.0 Å². The molecule has 1 heterocycles. The minimum absolute atomic E-state index is 0. The second-order valence-corrected chi connectivity index (χ2v) is 11.6. The summed E-state index contributed by atoms with van der Waals surface area (Å²) in [6.45, 7) is 15.2. The van der Waals surface area contributed by atoms with E-state index in [1.165, 1.54) is 0 Å². The molecule has 2 aromatic rings. The van der Waals surface area contributed by atoms with Gasteiger partial charge < -0.3 is 20.1 Å². The lowest BCUT2D eigenvalue weighted by Gasteiger charge is -2.28. The summed E-state index contributed by atoms with van der Waals surface area (Å²) in [6.07, 6.45) is 0. The van der Waals surface area contributed by atoms with Gasteiger partial charge in [0.1, 0.15) is 11.6 Å². The Morgan fingerprint density at radius 3 is 2.14 bits per heavy atom. The van der Waals surface area contributed by atoms with Gasteiger partial charge in [0.2, 0.25) is 0 Å². The minimum Gasteiger partial charge on any atom is -0.507 e. The maximum atomic E-state index is 13.5. The summed E-state index contributed by atoms with van der Waals surface area (Å²) in [6, 6.07) is 7.24. The fourth-order valence-corrected chi connectivity index (χ4v) is 4.50. The number of aryl methyl sites for hydroxylation is 1. The lowest BCUT2D eigenvalue weighted by atomic mass is 9.78. The number of benzene rings is 2. The van der Waals surface area contributed by atoms with E-state index in [-0.39, 0.29) is 57.6 Å². The number of halogens is 1. The van der Waals surface area contributed by atoms with E-state index in [4.69, 9.17) is 10.1 Å². The van der Waals surface area contributed by atoms with E-state index in [1.54, 1.807) is 24.1 Å². The SMILES string of the molecule is Br.COCCNC(=O)c1cc2c(cc1C)C(=N)N(CC(=O)c1cc(C(C)(C)C)c(O)c(C(C)(C)C)c1)C2. The van der Waals surface area contributed by atoms with Crippen LogP contribution in [0.3, 0.4) is 0 Å². The summed E-state index contributed by atoms with van der Waals surface area (Å²) in [5.41, 5.74) is 4.26. The summed E-state index contributed by atoms with van der Waals surface area (Å²) in [5, 5.41) is 22.5. The maximum absolute atomic E-state index is 13.5. The van der Waals surface area contributed by atoms with Crippen LogP contribution in [0.15, 0.2) is 24.3 Å². The van der Waals surface area contributed by atoms with Crippen LogP contribution in [0.1, 0.15) is 90.1 Å². The molecule has 0 saturated heterocycles. The number of amides is 1. The summed E-state index contributed by atoms with van der Waals surface area (Å²) in [4.78, 5) is 27.8. The first-order valence-electron chi connectivity index (χ1n) is 12.3. The van der Waals surface area contributed by atoms with E-state index in [2.05, 4.69) is 5.32 Å². The number of nitrogens with zero attached hydrogens (tertiary/aromatic N) is 1. The zero-order valence-electron chi connectivity index (χ0n) is 23.2. The molecular formula is C29H40BrN3O4. The summed E-state index contributed by atoms with van der Waals surface area (Å²) < 4.78 is 5.00. The first-order chi connectivity index (χ1) is 16.6. The molecule has 7 nitrogen and oxygen atoms in total. The van der Waals surface area contributed by atoms with Gasteiger partial charge in [-0.05, 0) is 53.1 Å². The number of methoxy groups -OCH3 is 1. The number of nitrogens with one attached hydrogen (secondary N) is 2. The standard InChI is InChI=1S/C29H39N3O4.BrH/c1-17-11-21-19(12-20(17)27(35)31-9-10-36-8)15-32(26(21)30)16-24(33)18-13-22(28(2,3)4)25(34)23(14-18)29(5,6)7;/h11-14,30,34H,9-10,15-16H2,1-8H3,(H,31,35);1H. The third-order valence-electron chi connectivity index (χ3n) is 6.60. The van der Waals surface area contributed by atoms with Gasteiger partial charge in [-0.2, -0.15) is 0 Å². The molecule has 0 saturated carbocycles. The fourth-order valence-electron chi connectivity index (χ4n) is 4.50. The van der Waals surface area contributed by atoms with Gasteiger partial charge >= 0.3 is 0 Å². The molecule has 37 heavy (non-hydrogen) atoms. The lowest BCUT2D eigenvalue weighted by molar-refractivity contribution is 0.0933. The van der Waals surface area contributed by atoms with E-state index < -0.39 is 0 Å². The van der Waals surface area contributed by atoms with E-state index in [0.717, 1.165) is 27.8 Å². The van der Waals surface area contributed by atoms with Crippen molar-refractivity contribution in [2.45, 2.75) is 65.8 Å². The molecule has 3 N–H and O–H groups in total. The predicted octanol–water partition coefficient (Wildman–Crippen LogP) is 5.27. The average Bonchev–Trinajstić information content (AvgIpc) is 3.06. The van der Waals surface area contributed by atoms with E-state index in [9.17, 15) is 14.7 Å². The molecule has 0 radical (unpaired) electrons. The Labute approximate surface area is 230 Å². The van der Waals surface area contributed by atoms with Crippen molar-refractivity contribution in [3.63, 3.8) is 0 Å². The smallest absolute Gasteiger partial charge is 0.251 e. The molecule has 0 bridgehead atoms. The number of phenolic OH excluding ortho intramolecular Hbond substituents is 1. The number of hydrogen-bond donors (Lipinski definition) is 3. The molecule has 8 heteroatoms. The highest BCUT2D eigenvalue weighted by Crippen LogP contribution is 2.40. The molecule has 1 amide bonds. The van der Waals surface area contributed by atoms with Crippen LogP contribution in [0.5, 0.6) is 5.75 Å². The number of Topliss-reactive ketones (excluding diaryl/α,β-unsaturated/α-hetero) is 1. The number of rotatable bonds is 7. The number of ether oxygens (including phenoxy) is 1. The number of hydrogen-bond acceptors (Lipinski definition) is 5. The molecule has 1 aliphatic heterocycles. The molecule has 2 aromatic carbocycles. The second kappa shape index (κ2) is 11.4. The van der Waals surface area contributed by atoms with Gasteiger partial charge in [0.05, 0.1) is 13.2 Å². The molecule has 1 aliphatic rings. The van der Waals surface area contributed by atoms with Crippen molar-refractivity contribution in [3.05, 3.63) is 63.2 Å². The van der Waals surface area contributed by atoms with Gasteiger partial charge in [-0.15, -0.1) is 17.0 Å². The second-order valence-electron chi connectivity index (χ2n) is 11.6. The monoisotopic (exact) mass is 573 g/mol. The summed E-state index contributed by atoms with van der Waals surface area (Å²) >= 11 is 0. The Balaban J connectivity index is 0.00000481. The molecule has 0 spiro atoms. The van der Waals surface area contributed by atoms with Gasteiger partial charge in [-0.1, -0.05) is 41.5 Å². The van der Waals surface area contributed by atoms with Crippen LogP contribution in [0.25, 0.3) is 0 Å². The molecule has 3 rings (SSSR count). The topological polar surface area (TPSA) is 103 Å². The number of aromatic hydroxyl groups is 1. The molecular weight excluding hydrogens is 534 g/mol. The zero-order chi connectivity index (χ0) is 27.0. The van der Waals surface area contributed by atoms with Crippen molar-refractivity contribution in [3.8, 4) is 5.75 Å². The van der Waals surface area contributed by atoms with Crippen LogP contribution in [0.4, 0.5) is 0 Å². The van der Waals surface area contributed by atoms with Crippen molar-refractivity contribution in [2.75, 3.05) is 26.8 Å². The largest absolute Gasteiger partial charge is 0.507 e. The van der Waals surface area contributed by atoms with Crippen molar-refractivity contribution in [1.29, 1.82) is 5.41 Å². The molecule has 0 fully saturated rings. The van der Waals surface area contributed by atoms with Gasteiger partial charge in [-0.25, -0.2) is 0 Å². The van der Waals surface area contributed by atoms with Crippen LogP contribution < -0.4 is 5.32 Å². The molecule has 202 valence electrons. The number of amidine groups is 1. The van der Waals surface area contributed by atoms with Crippen LogP contribution in [-0.4, -0.2) is 54.3 Å². The fraction of sp³-hybridized carbons (Fsp3) is 0.483. The highest BCUT2D eigenvalue weighted by atomic mass is 79.9. The highest BCUT2D eigenvalue weighted by Gasteiger charge is 2.31. The summed E-state index contributed by atoms with van der Waals surface area (Å²) in [5.74, 6) is 0.220. The maximum Gasteiger partial charge on any atom is 0.251 e. The highest BCUT2D eigenvalue weighted by molar-refractivity contribution is 8.93. The summed E-state index contributed by atoms with van der Waals surface area (Å²) in [7, 11) is 1.58. The third-order valence-corrected chi connectivity index (χ3v) is 6.60. The lowest BCUT2D eigenvalue weighted by Crippen LogP contribution is -2.30.